The zero-order chi connectivity index (χ0) is 13.4. The summed E-state index contributed by atoms with van der Waals surface area (Å²) in [4.78, 5) is 11.8. The molecule has 0 aliphatic heterocycles. The van der Waals surface area contributed by atoms with Crippen LogP contribution in [0, 0.1) is 5.92 Å². The van der Waals surface area contributed by atoms with E-state index < -0.39 is 0 Å². The first-order valence-corrected chi connectivity index (χ1v) is 6.38. The molecule has 0 aromatic heterocycles. The summed E-state index contributed by atoms with van der Waals surface area (Å²) in [5, 5.41) is 11.7. The summed E-state index contributed by atoms with van der Waals surface area (Å²) in [7, 11) is 0. The molecule has 1 amide bonds. The highest BCUT2D eigenvalue weighted by Crippen LogP contribution is 2.13. The Labute approximate surface area is 108 Å². The standard InChI is InChI=1S/C14H22N2O2/c1-11(3-2-9-15)14(18)16-13-6-4-12(5-7-13)8-10-17/h4-7,11,17H,2-3,8-10,15H2,1H3,(H,16,18). The molecule has 4 nitrogen and oxygen atoms in total. The summed E-state index contributed by atoms with van der Waals surface area (Å²) in [5.41, 5.74) is 7.28. The largest absolute Gasteiger partial charge is 0.396 e. The van der Waals surface area contributed by atoms with Gasteiger partial charge in [0.15, 0.2) is 0 Å². The minimum absolute atomic E-state index is 0.0225. The van der Waals surface area contributed by atoms with Crippen LogP contribution in [0.5, 0.6) is 0 Å². The Morgan fingerprint density at radius 3 is 2.61 bits per heavy atom. The van der Waals surface area contributed by atoms with Gasteiger partial charge in [0, 0.05) is 18.2 Å². The SMILES string of the molecule is CC(CCCN)C(=O)Nc1ccc(CCO)cc1. The molecular formula is C14H22N2O2. The van der Waals surface area contributed by atoms with E-state index in [1.165, 1.54) is 0 Å². The van der Waals surface area contributed by atoms with E-state index in [2.05, 4.69) is 5.32 Å². The van der Waals surface area contributed by atoms with Gasteiger partial charge in [-0.1, -0.05) is 19.1 Å². The van der Waals surface area contributed by atoms with Crippen LogP contribution in [-0.2, 0) is 11.2 Å². The monoisotopic (exact) mass is 250 g/mol. The fourth-order valence-electron chi connectivity index (χ4n) is 1.70. The van der Waals surface area contributed by atoms with Gasteiger partial charge in [-0.15, -0.1) is 0 Å². The molecule has 100 valence electrons. The highest BCUT2D eigenvalue weighted by Gasteiger charge is 2.12. The van der Waals surface area contributed by atoms with Gasteiger partial charge in [-0.2, -0.15) is 0 Å². The van der Waals surface area contributed by atoms with Crippen molar-refractivity contribution in [1.29, 1.82) is 0 Å². The molecule has 4 heteroatoms. The number of anilines is 1. The average Bonchev–Trinajstić information content (AvgIpc) is 2.38. The number of hydrogen-bond acceptors (Lipinski definition) is 3. The maximum Gasteiger partial charge on any atom is 0.227 e. The van der Waals surface area contributed by atoms with Crippen LogP contribution < -0.4 is 11.1 Å². The molecule has 0 spiro atoms. The maximum absolute atomic E-state index is 11.8. The van der Waals surface area contributed by atoms with E-state index in [9.17, 15) is 4.79 Å². The van der Waals surface area contributed by atoms with Crippen molar-refractivity contribution in [1.82, 2.24) is 0 Å². The fraction of sp³-hybridized carbons (Fsp3) is 0.500. The minimum atomic E-state index is -0.0225. The minimum Gasteiger partial charge on any atom is -0.396 e. The molecule has 0 aliphatic carbocycles. The molecule has 0 saturated carbocycles. The first-order chi connectivity index (χ1) is 8.67. The third-order valence-electron chi connectivity index (χ3n) is 2.91. The van der Waals surface area contributed by atoms with Gasteiger partial charge in [0.1, 0.15) is 0 Å². The van der Waals surface area contributed by atoms with Crippen LogP contribution in [0.15, 0.2) is 24.3 Å². The number of hydrogen-bond donors (Lipinski definition) is 3. The molecule has 1 unspecified atom stereocenters. The van der Waals surface area contributed by atoms with Crippen molar-refractivity contribution in [2.24, 2.45) is 11.7 Å². The predicted octanol–water partition coefficient (Wildman–Crippen LogP) is 1.53. The number of benzene rings is 1. The number of rotatable bonds is 7. The Hall–Kier alpha value is -1.39. The second-order valence-electron chi connectivity index (χ2n) is 4.49. The fourth-order valence-corrected chi connectivity index (χ4v) is 1.70. The van der Waals surface area contributed by atoms with Gasteiger partial charge in [-0.05, 0) is 43.5 Å². The van der Waals surface area contributed by atoms with Crippen molar-refractivity contribution in [3.8, 4) is 0 Å². The lowest BCUT2D eigenvalue weighted by Gasteiger charge is -2.12. The molecule has 0 fully saturated rings. The van der Waals surface area contributed by atoms with E-state index >= 15 is 0 Å². The normalized spacial score (nSPS) is 12.2. The van der Waals surface area contributed by atoms with Gasteiger partial charge in [0.2, 0.25) is 5.91 Å². The van der Waals surface area contributed by atoms with Gasteiger partial charge in [-0.25, -0.2) is 0 Å². The van der Waals surface area contributed by atoms with Gasteiger partial charge in [0.25, 0.3) is 0 Å². The number of aliphatic hydroxyl groups excluding tert-OH is 1. The lowest BCUT2D eigenvalue weighted by atomic mass is 10.0. The van der Waals surface area contributed by atoms with Gasteiger partial charge in [0.05, 0.1) is 0 Å². The summed E-state index contributed by atoms with van der Waals surface area (Å²) in [6.45, 7) is 2.67. The zero-order valence-corrected chi connectivity index (χ0v) is 10.9. The molecule has 1 rings (SSSR count). The van der Waals surface area contributed by atoms with E-state index in [1.54, 1.807) is 0 Å². The number of amides is 1. The van der Waals surface area contributed by atoms with Crippen LogP contribution in [0.1, 0.15) is 25.3 Å². The molecule has 0 aliphatic rings. The van der Waals surface area contributed by atoms with E-state index in [1.807, 2.05) is 31.2 Å². The van der Waals surface area contributed by atoms with E-state index in [0.717, 1.165) is 24.1 Å². The number of nitrogens with two attached hydrogens (primary N) is 1. The Balaban J connectivity index is 2.48. The van der Waals surface area contributed by atoms with Gasteiger partial charge < -0.3 is 16.2 Å². The van der Waals surface area contributed by atoms with Crippen LogP contribution >= 0.6 is 0 Å². The zero-order valence-electron chi connectivity index (χ0n) is 10.9. The molecule has 1 atom stereocenters. The van der Waals surface area contributed by atoms with E-state index in [0.29, 0.717) is 13.0 Å². The molecule has 18 heavy (non-hydrogen) atoms. The Kier molecular flexibility index (Phi) is 6.39. The Morgan fingerprint density at radius 1 is 1.39 bits per heavy atom. The number of carbonyl (C=O) groups is 1. The van der Waals surface area contributed by atoms with Crippen LogP contribution in [-0.4, -0.2) is 24.2 Å². The average molecular weight is 250 g/mol. The third kappa shape index (κ3) is 4.85. The topological polar surface area (TPSA) is 75.4 Å². The van der Waals surface area contributed by atoms with Crippen molar-refractivity contribution in [3.63, 3.8) is 0 Å². The maximum atomic E-state index is 11.8. The van der Waals surface area contributed by atoms with Crippen molar-refractivity contribution < 1.29 is 9.90 Å². The molecular weight excluding hydrogens is 228 g/mol. The number of aliphatic hydroxyl groups is 1. The molecule has 1 aromatic rings. The summed E-state index contributed by atoms with van der Waals surface area (Å²) < 4.78 is 0. The van der Waals surface area contributed by atoms with Crippen molar-refractivity contribution in [3.05, 3.63) is 29.8 Å². The predicted molar refractivity (Wildman–Crippen MR) is 73.3 cm³/mol. The van der Waals surface area contributed by atoms with Crippen molar-refractivity contribution in [2.75, 3.05) is 18.5 Å². The molecule has 1 aromatic carbocycles. The quantitative estimate of drug-likeness (QED) is 0.687. The van der Waals surface area contributed by atoms with Crippen LogP contribution in [0.3, 0.4) is 0 Å². The van der Waals surface area contributed by atoms with Gasteiger partial charge >= 0.3 is 0 Å². The smallest absolute Gasteiger partial charge is 0.227 e. The summed E-state index contributed by atoms with van der Waals surface area (Å²) in [6.07, 6.45) is 2.32. The Bertz CT molecular complexity index is 363. The van der Waals surface area contributed by atoms with E-state index in [4.69, 9.17) is 10.8 Å². The van der Waals surface area contributed by atoms with E-state index in [-0.39, 0.29) is 18.4 Å². The lowest BCUT2D eigenvalue weighted by Crippen LogP contribution is -2.21. The van der Waals surface area contributed by atoms with Crippen molar-refractivity contribution in [2.45, 2.75) is 26.2 Å². The molecule has 0 heterocycles. The molecule has 0 bridgehead atoms. The second-order valence-corrected chi connectivity index (χ2v) is 4.49. The van der Waals surface area contributed by atoms with Crippen molar-refractivity contribution >= 4 is 11.6 Å². The number of nitrogens with one attached hydrogen (secondary N) is 1. The van der Waals surface area contributed by atoms with Crippen LogP contribution in [0.4, 0.5) is 5.69 Å². The first-order valence-electron chi connectivity index (χ1n) is 6.38. The Morgan fingerprint density at radius 2 is 2.06 bits per heavy atom. The molecule has 0 saturated heterocycles. The molecule has 4 N–H and O–H groups in total. The summed E-state index contributed by atoms with van der Waals surface area (Å²) in [6, 6.07) is 7.55. The third-order valence-corrected chi connectivity index (χ3v) is 2.91. The summed E-state index contributed by atoms with van der Waals surface area (Å²) in [5.74, 6) is 0.00373. The van der Waals surface area contributed by atoms with Gasteiger partial charge in [-0.3, -0.25) is 4.79 Å². The van der Waals surface area contributed by atoms with Crippen LogP contribution in [0.25, 0.3) is 0 Å². The second kappa shape index (κ2) is 7.84. The first kappa shape index (κ1) is 14.7. The lowest BCUT2D eigenvalue weighted by molar-refractivity contribution is -0.119. The number of carbonyl (C=O) groups excluding carboxylic acids is 1. The highest BCUT2D eigenvalue weighted by atomic mass is 16.2. The molecule has 0 radical (unpaired) electrons. The summed E-state index contributed by atoms with van der Waals surface area (Å²) >= 11 is 0. The highest BCUT2D eigenvalue weighted by molar-refractivity contribution is 5.92. The van der Waals surface area contributed by atoms with Crippen LogP contribution in [0.2, 0.25) is 0 Å².